The van der Waals surface area contributed by atoms with Gasteiger partial charge in [0.05, 0.1) is 0 Å². The molecule has 1 rings (SSSR count). The van der Waals surface area contributed by atoms with Gasteiger partial charge in [0.1, 0.15) is 0 Å². The summed E-state index contributed by atoms with van der Waals surface area (Å²) in [5.74, 6) is 1.40. The molecule has 1 fully saturated rings. The molecule has 0 spiro atoms. The third-order valence-corrected chi connectivity index (χ3v) is 4.21. The minimum atomic E-state index is 0.238. The van der Waals surface area contributed by atoms with E-state index >= 15 is 0 Å². The Morgan fingerprint density at radius 1 is 1.42 bits per heavy atom. The Balaban J connectivity index is 2.26. The lowest BCUT2D eigenvalue weighted by atomic mass is 9.94. The summed E-state index contributed by atoms with van der Waals surface area (Å²) < 4.78 is 0. The van der Waals surface area contributed by atoms with Gasteiger partial charge < -0.3 is 15.7 Å². The van der Waals surface area contributed by atoms with Crippen LogP contribution in [0.15, 0.2) is 0 Å². The number of aliphatic hydroxyl groups is 1. The van der Waals surface area contributed by atoms with E-state index in [1.165, 1.54) is 12.8 Å². The smallest absolute Gasteiger partial charge is 0.222 e. The van der Waals surface area contributed by atoms with Gasteiger partial charge in [0.25, 0.3) is 0 Å². The Labute approximate surface area is 117 Å². The highest BCUT2D eigenvalue weighted by Crippen LogP contribution is 2.22. The van der Waals surface area contributed by atoms with Gasteiger partial charge in [0.15, 0.2) is 0 Å². The van der Waals surface area contributed by atoms with E-state index in [1.807, 2.05) is 4.90 Å². The number of amides is 1. The van der Waals surface area contributed by atoms with E-state index in [1.54, 1.807) is 0 Å². The van der Waals surface area contributed by atoms with Crippen LogP contribution in [0.2, 0.25) is 0 Å². The number of hydrogen-bond acceptors (Lipinski definition) is 3. The summed E-state index contributed by atoms with van der Waals surface area (Å²) in [6, 6.07) is 0. The fourth-order valence-electron chi connectivity index (χ4n) is 3.04. The Morgan fingerprint density at radius 3 is 2.84 bits per heavy atom. The van der Waals surface area contributed by atoms with Crippen molar-refractivity contribution in [2.45, 2.75) is 51.9 Å². The molecule has 2 atom stereocenters. The zero-order valence-electron chi connectivity index (χ0n) is 12.3. The highest BCUT2D eigenvalue weighted by Gasteiger charge is 2.25. The maximum Gasteiger partial charge on any atom is 0.222 e. The second-order valence-electron chi connectivity index (χ2n) is 5.78. The maximum atomic E-state index is 12.1. The second kappa shape index (κ2) is 9.32. The number of nitrogens with zero attached hydrogens (tertiary/aromatic N) is 1. The molecule has 0 bridgehead atoms. The van der Waals surface area contributed by atoms with Crippen LogP contribution in [-0.2, 0) is 4.79 Å². The molecule has 4 heteroatoms. The molecule has 0 aromatic rings. The molecule has 1 aliphatic rings. The van der Waals surface area contributed by atoms with Crippen molar-refractivity contribution in [1.29, 1.82) is 0 Å². The van der Waals surface area contributed by atoms with Crippen molar-refractivity contribution in [1.82, 2.24) is 4.90 Å². The van der Waals surface area contributed by atoms with Gasteiger partial charge in [-0.25, -0.2) is 0 Å². The van der Waals surface area contributed by atoms with Crippen molar-refractivity contribution < 1.29 is 9.90 Å². The fourth-order valence-corrected chi connectivity index (χ4v) is 3.04. The molecule has 2 unspecified atom stereocenters. The van der Waals surface area contributed by atoms with E-state index < -0.39 is 0 Å². The monoisotopic (exact) mass is 270 g/mol. The van der Waals surface area contributed by atoms with Gasteiger partial charge in [0, 0.05) is 26.1 Å². The van der Waals surface area contributed by atoms with Crippen molar-refractivity contribution in [2.24, 2.45) is 17.6 Å². The van der Waals surface area contributed by atoms with Gasteiger partial charge in [-0.1, -0.05) is 19.8 Å². The predicted octanol–water partition coefficient (Wildman–Crippen LogP) is 1.76. The maximum absolute atomic E-state index is 12.1. The summed E-state index contributed by atoms with van der Waals surface area (Å²) in [7, 11) is 0. The Bertz CT molecular complexity index is 253. The van der Waals surface area contributed by atoms with Crippen molar-refractivity contribution in [3.63, 3.8) is 0 Å². The van der Waals surface area contributed by atoms with Crippen LogP contribution in [-0.4, -0.2) is 42.2 Å². The minimum absolute atomic E-state index is 0.238. The molecule has 0 aromatic heterocycles. The van der Waals surface area contributed by atoms with Crippen LogP contribution in [0.5, 0.6) is 0 Å². The molecule has 19 heavy (non-hydrogen) atoms. The van der Waals surface area contributed by atoms with E-state index in [2.05, 4.69) is 6.92 Å². The van der Waals surface area contributed by atoms with Crippen molar-refractivity contribution >= 4 is 5.91 Å². The molecule has 0 radical (unpaired) electrons. The highest BCUT2D eigenvalue weighted by molar-refractivity contribution is 5.76. The topological polar surface area (TPSA) is 66.6 Å². The lowest BCUT2D eigenvalue weighted by Gasteiger charge is -2.19. The molecule has 1 aliphatic heterocycles. The average molecular weight is 270 g/mol. The van der Waals surface area contributed by atoms with Gasteiger partial charge in [-0.3, -0.25) is 4.79 Å². The zero-order chi connectivity index (χ0) is 14.1. The van der Waals surface area contributed by atoms with E-state index in [0.717, 1.165) is 45.3 Å². The minimum Gasteiger partial charge on any atom is -0.396 e. The van der Waals surface area contributed by atoms with E-state index in [4.69, 9.17) is 10.8 Å². The van der Waals surface area contributed by atoms with Crippen LogP contribution in [0, 0.1) is 11.8 Å². The predicted molar refractivity (Wildman–Crippen MR) is 77.7 cm³/mol. The highest BCUT2D eigenvalue weighted by atomic mass is 16.3. The lowest BCUT2D eigenvalue weighted by Crippen LogP contribution is -2.29. The first-order chi connectivity index (χ1) is 9.21. The van der Waals surface area contributed by atoms with Crippen LogP contribution in [0.1, 0.15) is 51.9 Å². The molecule has 0 aromatic carbocycles. The van der Waals surface area contributed by atoms with Crippen LogP contribution < -0.4 is 5.73 Å². The van der Waals surface area contributed by atoms with Crippen molar-refractivity contribution in [3.05, 3.63) is 0 Å². The zero-order valence-corrected chi connectivity index (χ0v) is 12.3. The van der Waals surface area contributed by atoms with Crippen LogP contribution in [0.4, 0.5) is 0 Å². The number of aliphatic hydroxyl groups excluding tert-OH is 1. The molecular formula is C15H30N2O2. The van der Waals surface area contributed by atoms with E-state index in [9.17, 15) is 4.79 Å². The van der Waals surface area contributed by atoms with Crippen LogP contribution >= 0.6 is 0 Å². The first kappa shape index (κ1) is 16.4. The Morgan fingerprint density at radius 2 is 2.21 bits per heavy atom. The molecule has 1 heterocycles. The lowest BCUT2D eigenvalue weighted by molar-refractivity contribution is -0.130. The molecular weight excluding hydrogens is 240 g/mol. The first-order valence-electron chi connectivity index (χ1n) is 7.79. The summed E-state index contributed by atoms with van der Waals surface area (Å²) in [4.78, 5) is 14.1. The summed E-state index contributed by atoms with van der Waals surface area (Å²) >= 11 is 0. The molecule has 112 valence electrons. The largest absolute Gasteiger partial charge is 0.396 e. The Hall–Kier alpha value is -0.610. The quantitative estimate of drug-likeness (QED) is 0.671. The molecule has 0 aliphatic carbocycles. The third kappa shape index (κ3) is 5.91. The number of carbonyl (C=O) groups excluding carboxylic acids is 1. The van der Waals surface area contributed by atoms with Crippen molar-refractivity contribution in [3.8, 4) is 0 Å². The van der Waals surface area contributed by atoms with Gasteiger partial charge >= 0.3 is 0 Å². The molecule has 4 nitrogen and oxygen atoms in total. The average Bonchev–Trinajstić information content (AvgIpc) is 2.85. The fraction of sp³-hybridized carbons (Fsp3) is 0.933. The van der Waals surface area contributed by atoms with Gasteiger partial charge in [0.2, 0.25) is 5.91 Å². The normalized spacial score (nSPS) is 20.8. The second-order valence-corrected chi connectivity index (χ2v) is 5.78. The number of likely N-dealkylation sites (tertiary alicyclic amines) is 1. The SMILES string of the molecule is CCCC(CCN)CCC(=O)N1CCC(CCO)C1. The molecule has 1 saturated heterocycles. The number of carbonyl (C=O) groups is 1. The first-order valence-corrected chi connectivity index (χ1v) is 7.79. The van der Waals surface area contributed by atoms with Gasteiger partial charge in [-0.15, -0.1) is 0 Å². The number of hydrogen-bond donors (Lipinski definition) is 2. The van der Waals surface area contributed by atoms with Crippen LogP contribution in [0.25, 0.3) is 0 Å². The van der Waals surface area contributed by atoms with Crippen LogP contribution in [0.3, 0.4) is 0 Å². The van der Waals surface area contributed by atoms with Gasteiger partial charge in [-0.05, 0) is 44.1 Å². The number of nitrogens with two attached hydrogens (primary N) is 1. The Kier molecular flexibility index (Phi) is 8.07. The molecule has 3 N–H and O–H groups in total. The van der Waals surface area contributed by atoms with E-state index in [0.29, 0.717) is 24.2 Å². The number of rotatable bonds is 9. The van der Waals surface area contributed by atoms with Gasteiger partial charge in [-0.2, -0.15) is 0 Å². The summed E-state index contributed by atoms with van der Waals surface area (Å²) in [6.45, 7) is 4.86. The molecule has 1 amide bonds. The van der Waals surface area contributed by atoms with Crippen molar-refractivity contribution in [2.75, 3.05) is 26.2 Å². The summed E-state index contributed by atoms with van der Waals surface area (Å²) in [6.07, 6.45) is 6.90. The standard InChI is InChI=1S/C15H30N2O2/c1-2-3-13(6-9-16)4-5-15(19)17-10-7-14(12-17)8-11-18/h13-14,18H,2-12,16H2,1H3. The third-order valence-electron chi connectivity index (χ3n) is 4.21. The van der Waals surface area contributed by atoms with E-state index in [-0.39, 0.29) is 6.61 Å². The molecule has 0 saturated carbocycles. The summed E-state index contributed by atoms with van der Waals surface area (Å²) in [5.41, 5.74) is 5.62. The summed E-state index contributed by atoms with van der Waals surface area (Å²) in [5, 5.41) is 8.93.